The zero-order valence-corrected chi connectivity index (χ0v) is 16.8. The van der Waals surface area contributed by atoms with E-state index < -0.39 is 0 Å². The third-order valence-electron chi connectivity index (χ3n) is 5.54. The van der Waals surface area contributed by atoms with Crippen molar-refractivity contribution in [3.63, 3.8) is 0 Å². The first kappa shape index (κ1) is 18.9. The maximum absolute atomic E-state index is 12.2. The summed E-state index contributed by atoms with van der Waals surface area (Å²) in [5.41, 5.74) is 2.91. The Hall–Kier alpha value is -4.12. The highest BCUT2D eigenvalue weighted by Gasteiger charge is 2.11. The Morgan fingerprint density at radius 1 is 0.581 bits per heavy atom. The molecule has 31 heavy (non-hydrogen) atoms. The standard InChI is InChI=1S/C26H21N3O2/c30-25-23-14-20-11-12-22(13-21(20)15-24(23)26(31)28-27-25)29(16-18-7-3-1-4-8-18)17-19-9-5-2-6-10-19/h1-15H,16-17H2,(H,27,30)(H,28,31). The van der Waals surface area contributed by atoms with Crippen molar-refractivity contribution in [3.05, 3.63) is 123 Å². The molecule has 1 heterocycles. The van der Waals surface area contributed by atoms with E-state index in [0.717, 1.165) is 29.5 Å². The van der Waals surface area contributed by atoms with E-state index in [1.54, 1.807) is 12.1 Å². The van der Waals surface area contributed by atoms with Crippen LogP contribution in [0.1, 0.15) is 11.1 Å². The maximum atomic E-state index is 12.2. The van der Waals surface area contributed by atoms with Gasteiger partial charge in [0.1, 0.15) is 0 Å². The van der Waals surface area contributed by atoms with E-state index in [2.05, 4.69) is 51.5 Å². The fourth-order valence-electron chi connectivity index (χ4n) is 3.95. The van der Waals surface area contributed by atoms with Crippen molar-refractivity contribution >= 4 is 27.2 Å². The first-order valence-electron chi connectivity index (χ1n) is 10.2. The van der Waals surface area contributed by atoms with Crippen LogP contribution >= 0.6 is 0 Å². The molecule has 0 unspecified atom stereocenters. The molecule has 5 heteroatoms. The van der Waals surface area contributed by atoms with Crippen LogP contribution in [0.4, 0.5) is 5.69 Å². The van der Waals surface area contributed by atoms with Gasteiger partial charge in [0.2, 0.25) is 0 Å². The van der Waals surface area contributed by atoms with Crippen molar-refractivity contribution < 1.29 is 0 Å². The fourth-order valence-corrected chi connectivity index (χ4v) is 3.95. The van der Waals surface area contributed by atoms with Gasteiger partial charge in [-0.15, -0.1) is 0 Å². The molecule has 5 nitrogen and oxygen atoms in total. The van der Waals surface area contributed by atoms with Crippen LogP contribution in [0.2, 0.25) is 0 Å². The lowest BCUT2D eigenvalue weighted by atomic mass is 10.0. The van der Waals surface area contributed by atoms with Gasteiger partial charge < -0.3 is 4.90 Å². The summed E-state index contributed by atoms with van der Waals surface area (Å²) in [6.07, 6.45) is 0. The average molecular weight is 407 g/mol. The van der Waals surface area contributed by atoms with E-state index in [0.29, 0.717) is 10.8 Å². The van der Waals surface area contributed by atoms with Crippen LogP contribution in [0.25, 0.3) is 21.5 Å². The van der Waals surface area contributed by atoms with E-state index in [1.807, 2.05) is 42.5 Å². The molecule has 0 saturated carbocycles. The van der Waals surface area contributed by atoms with E-state index >= 15 is 0 Å². The van der Waals surface area contributed by atoms with Crippen molar-refractivity contribution in [2.75, 3.05) is 4.90 Å². The lowest BCUT2D eigenvalue weighted by Gasteiger charge is -2.26. The number of hydrogen-bond donors (Lipinski definition) is 2. The number of anilines is 1. The molecule has 0 aliphatic heterocycles. The number of H-pyrrole nitrogens is 2. The van der Waals surface area contributed by atoms with Crippen LogP contribution < -0.4 is 16.0 Å². The van der Waals surface area contributed by atoms with Gasteiger partial charge in [0, 0.05) is 18.8 Å². The molecule has 5 rings (SSSR count). The molecule has 5 aromatic rings. The molecule has 0 bridgehead atoms. The van der Waals surface area contributed by atoms with Gasteiger partial charge >= 0.3 is 0 Å². The number of fused-ring (bicyclic) bond motifs is 2. The zero-order valence-electron chi connectivity index (χ0n) is 16.8. The highest BCUT2D eigenvalue weighted by Crippen LogP contribution is 2.27. The van der Waals surface area contributed by atoms with Crippen molar-refractivity contribution in [1.82, 2.24) is 10.2 Å². The number of aromatic nitrogens is 2. The van der Waals surface area contributed by atoms with Crippen LogP contribution in [0.5, 0.6) is 0 Å². The minimum atomic E-state index is -0.299. The smallest absolute Gasteiger partial charge is 0.270 e. The number of aromatic amines is 2. The minimum absolute atomic E-state index is 0.296. The number of nitrogens with zero attached hydrogens (tertiary/aromatic N) is 1. The molecule has 0 aliphatic rings. The van der Waals surface area contributed by atoms with Crippen LogP contribution in [-0.2, 0) is 13.1 Å². The second kappa shape index (κ2) is 7.95. The third-order valence-corrected chi connectivity index (χ3v) is 5.54. The predicted octanol–water partition coefficient (Wildman–Crippen LogP) is 4.58. The zero-order chi connectivity index (χ0) is 21.2. The number of nitrogens with one attached hydrogen (secondary N) is 2. The predicted molar refractivity (Wildman–Crippen MR) is 125 cm³/mol. The molecule has 1 aromatic heterocycles. The quantitative estimate of drug-likeness (QED) is 0.419. The van der Waals surface area contributed by atoms with Gasteiger partial charge in [-0.2, -0.15) is 0 Å². The number of benzene rings is 4. The van der Waals surface area contributed by atoms with Crippen molar-refractivity contribution in [2.45, 2.75) is 13.1 Å². The minimum Gasteiger partial charge on any atom is -0.363 e. The molecular weight excluding hydrogens is 386 g/mol. The summed E-state index contributed by atoms with van der Waals surface area (Å²) >= 11 is 0. The summed E-state index contributed by atoms with van der Waals surface area (Å²) in [6.45, 7) is 1.52. The first-order valence-corrected chi connectivity index (χ1v) is 10.2. The molecule has 0 spiro atoms. The second-order valence-electron chi connectivity index (χ2n) is 7.66. The summed E-state index contributed by atoms with van der Waals surface area (Å²) in [5.74, 6) is 0. The van der Waals surface area contributed by atoms with Crippen LogP contribution in [0.15, 0.2) is 101 Å². The molecule has 4 aromatic carbocycles. The highest BCUT2D eigenvalue weighted by molar-refractivity contribution is 5.98. The van der Waals surface area contributed by atoms with Gasteiger partial charge in [-0.1, -0.05) is 66.7 Å². The topological polar surface area (TPSA) is 69.0 Å². The van der Waals surface area contributed by atoms with Crippen molar-refractivity contribution in [2.24, 2.45) is 0 Å². The molecule has 0 fully saturated rings. The Balaban J connectivity index is 1.61. The molecule has 2 N–H and O–H groups in total. The Labute approximate surface area is 178 Å². The Kier molecular flexibility index (Phi) is 4.84. The van der Waals surface area contributed by atoms with Crippen molar-refractivity contribution in [1.29, 1.82) is 0 Å². The normalized spacial score (nSPS) is 11.1. The third kappa shape index (κ3) is 3.85. The second-order valence-corrected chi connectivity index (χ2v) is 7.66. The van der Waals surface area contributed by atoms with Crippen LogP contribution in [0.3, 0.4) is 0 Å². The summed E-state index contributed by atoms with van der Waals surface area (Å²) in [7, 11) is 0. The Bertz CT molecular complexity index is 1430. The van der Waals surface area contributed by atoms with Crippen LogP contribution in [-0.4, -0.2) is 10.2 Å². The summed E-state index contributed by atoms with van der Waals surface area (Å²) in [5, 5.41) is 7.44. The van der Waals surface area contributed by atoms with E-state index in [-0.39, 0.29) is 11.1 Å². The molecule has 0 aliphatic carbocycles. The van der Waals surface area contributed by atoms with Gasteiger partial charge in [-0.05, 0) is 46.2 Å². The number of rotatable bonds is 5. The lowest BCUT2D eigenvalue weighted by Crippen LogP contribution is -2.22. The van der Waals surface area contributed by atoms with Gasteiger partial charge in [0.25, 0.3) is 11.1 Å². The molecule has 0 atom stereocenters. The van der Waals surface area contributed by atoms with Gasteiger partial charge in [-0.3, -0.25) is 19.8 Å². The Morgan fingerprint density at radius 2 is 1.10 bits per heavy atom. The van der Waals surface area contributed by atoms with Crippen LogP contribution in [0, 0.1) is 0 Å². The SMILES string of the molecule is O=c1[nH][nH]c(=O)c2cc3cc(N(Cc4ccccc4)Cc4ccccc4)ccc3cc12. The largest absolute Gasteiger partial charge is 0.363 e. The molecule has 0 saturated heterocycles. The van der Waals surface area contributed by atoms with Gasteiger partial charge in [0.05, 0.1) is 10.8 Å². The highest BCUT2D eigenvalue weighted by atomic mass is 16.1. The molecular formula is C26H21N3O2. The average Bonchev–Trinajstić information content (AvgIpc) is 2.81. The van der Waals surface area contributed by atoms with Gasteiger partial charge in [-0.25, -0.2) is 0 Å². The molecule has 0 amide bonds. The van der Waals surface area contributed by atoms with Crippen molar-refractivity contribution in [3.8, 4) is 0 Å². The maximum Gasteiger partial charge on any atom is 0.270 e. The van der Waals surface area contributed by atoms with Gasteiger partial charge in [0.15, 0.2) is 0 Å². The summed E-state index contributed by atoms with van der Waals surface area (Å²) in [4.78, 5) is 26.7. The molecule has 0 radical (unpaired) electrons. The number of hydrogen-bond acceptors (Lipinski definition) is 3. The summed E-state index contributed by atoms with van der Waals surface area (Å²) < 4.78 is 0. The summed E-state index contributed by atoms with van der Waals surface area (Å²) in [6, 6.07) is 30.5. The van der Waals surface area contributed by atoms with E-state index in [4.69, 9.17) is 0 Å². The monoisotopic (exact) mass is 407 g/mol. The fraction of sp³-hybridized carbons (Fsp3) is 0.0769. The lowest BCUT2D eigenvalue weighted by molar-refractivity contribution is 0.801. The van der Waals surface area contributed by atoms with E-state index in [1.165, 1.54) is 11.1 Å². The van der Waals surface area contributed by atoms with E-state index in [9.17, 15) is 9.59 Å². The first-order chi connectivity index (χ1) is 15.2. The Morgan fingerprint density at radius 3 is 1.65 bits per heavy atom. The molecule has 152 valence electrons.